The topological polar surface area (TPSA) is 21.3 Å². The van der Waals surface area contributed by atoms with Gasteiger partial charge >= 0.3 is 0 Å². The first-order chi connectivity index (χ1) is 9.99. The lowest BCUT2D eigenvalue weighted by Gasteiger charge is -2.54. The van der Waals surface area contributed by atoms with Gasteiger partial charge in [0.05, 0.1) is 6.10 Å². The summed E-state index contributed by atoms with van der Waals surface area (Å²) in [5.41, 5.74) is 1.60. The third kappa shape index (κ3) is 3.80. The van der Waals surface area contributed by atoms with E-state index in [-0.39, 0.29) is 5.41 Å². The maximum Gasteiger partial charge on any atom is 0.0658 e. The zero-order valence-corrected chi connectivity index (χ0v) is 14.4. The number of hydrogen-bond acceptors (Lipinski definition) is 2. The molecule has 1 aromatic carbocycles. The van der Waals surface area contributed by atoms with E-state index < -0.39 is 0 Å². The minimum atomic E-state index is 0.268. The smallest absolute Gasteiger partial charge is 0.0658 e. The highest BCUT2D eigenvalue weighted by atomic mass is 35.5. The molecule has 0 heterocycles. The van der Waals surface area contributed by atoms with Crippen LogP contribution in [-0.4, -0.2) is 24.8 Å². The number of hydrogen-bond donors (Lipinski definition) is 1. The molecule has 1 saturated carbocycles. The highest BCUT2D eigenvalue weighted by molar-refractivity contribution is 6.30. The van der Waals surface area contributed by atoms with Crippen LogP contribution < -0.4 is 5.32 Å². The molecule has 0 saturated heterocycles. The standard InChI is InChI=1S/C18H28ClNO/c1-5-18(4)16(12-17(18)21-6-2)20-13(3)11-14-7-9-15(19)10-8-14/h7-10,13,16-17,20H,5-6,11-12H2,1-4H3. The molecule has 1 aliphatic rings. The van der Waals surface area contributed by atoms with Crippen molar-refractivity contribution in [2.75, 3.05) is 6.61 Å². The van der Waals surface area contributed by atoms with E-state index in [4.69, 9.17) is 16.3 Å². The quantitative estimate of drug-likeness (QED) is 0.803. The molecule has 0 radical (unpaired) electrons. The van der Waals surface area contributed by atoms with E-state index in [1.165, 1.54) is 5.56 Å². The van der Waals surface area contributed by atoms with Crippen LogP contribution in [-0.2, 0) is 11.2 Å². The molecule has 0 bridgehead atoms. The molecule has 3 heteroatoms. The average Bonchev–Trinajstić information content (AvgIpc) is 2.47. The summed E-state index contributed by atoms with van der Waals surface area (Å²) in [5, 5.41) is 4.60. The molecule has 2 rings (SSSR count). The van der Waals surface area contributed by atoms with Crippen LogP contribution in [0.5, 0.6) is 0 Å². The van der Waals surface area contributed by atoms with Gasteiger partial charge in [-0.1, -0.05) is 37.6 Å². The SMILES string of the molecule is CCOC1CC(NC(C)Cc2ccc(Cl)cc2)C1(C)CC. The highest BCUT2D eigenvalue weighted by Crippen LogP contribution is 2.46. The van der Waals surface area contributed by atoms with Gasteiger partial charge in [0, 0.05) is 29.1 Å². The fourth-order valence-electron chi connectivity index (χ4n) is 3.38. The van der Waals surface area contributed by atoms with Gasteiger partial charge in [0.1, 0.15) is 0 Å². The van der Waals surface area contributed by atoms with Crippen molar-refractivity contribution >= 4 is 11.6 Å². The number of nitrogens with one attached hydrogen (secondary N) is 1. The monoisotopic (exact) mass is 309 g/mol. The van der Waals surface area contributed by atoms with Gasteiger partial charge in [-0.05, 0) is 50.8 Å². The highest BCUT2D eigenvalue weighted by Gasteiger charge is 2.51. The van der Waals surface area contributed by atoms with E-state index in [2.05, 4.69) is 45.1 Å². The van der Waals surface area contributed by atoms with Gasteiger partial charge in [-0.2, -0.15) is 0 Å². The molecular weight excluding hydrogens is 282 g/mol. The fraction of sp³-hybridized carbons (Fsp3) is 0.667. The van der Waals surface area contributed by atoms with E-state index in [1.54, 1.807) is 0 Å². The molecule has 2 nitrogen and oxygen atoms in total. The van der Waals surface area contributed by atoms with E-state index >= 15 is 0 Å². The maximum atomic E-state index is 5.94. The lowest BCUT2D eigenvalue weighted by Crippen LogP contribution is -2.63. The third-order valence-corrected chi connectivity index (χ3v) is 5.30. The maximum absolute atomic E-state index is 5.94. The van der Waals surface area contributed by atoms with Crippen LogP contribution in [0.3, 0.4) is 0 Å². The molecule has 118 valence electrons. The number of halogens is 1. The number of benzene rings is 1. The molecule has 4 unspecified atom stereocenters. The second-order valence-electron chi connectivity index (χ2n) is 6.49. The Labute approximate surface area is 134 Å². The molecule has 1 aliphatic carbocycles. The predicted molar refractivity (Wildman–Crippen MR) is 90.0 cm³/mol. The Hall–Kier alpha value is -0.570. The summed E-state index contributed by atoms with van der Waals surface area (Å²) in [6, 6.07) is 9.18. The molecule has 21 heavy (non-hydrogen) atoms. The fourth-order valence-corrected chi connectivity index (χ4v) is 3.51. The second kappa shape index (κ2) is 7.13. The summed E-state index contributed by atoms with van der Waals surface area (Å²) in [7, 11) is 0. The van der Waals surface area contributed by atoms with Crippen LogP contribution in [0, 0.1) is 5.41 Å². The van der Waals surface area contributed by atoms with Gasteiger partial charge in [-0.25, -0.2) is 0 Å². The predicted octanol–water partition coefficient (Wildman–Crippen LogP) is 4.45. The van der Waals surface area contributed by atoms with Gasteiger partial charge in [0.25, 0.3) is 0 Å². The number of ether oxygens (including phenoxy) is 1. The second-order valence-corrected chi connectivity index (χ2v) is 6.93. The zero-order valence-electron chi connectivity index (χ0n) is 13.7. The lowest BCUT2D eigenvalue weighted by molar-refractivity contribution is -0.127. The summed E-state index contributed by atoms with van der Waals surface area (Å²) in [4.78, 5) is 0. The first-order valence-electron chi connectivity index (χ1n) is 8.11. The van der Waals surface area contributed by atoms with Crippen LogP contribution in [0.4, 0.5) is 0 Å². The van der Waals surface area contributed by atoms with Crippen molar-refractivity contribution in [3.63, 3.8) is 0 Å². The normalized spacial score (nSPS) is 30.0. The Morgan fingerprint density at radius 1 is 1.33 bits per heavy atom. The first-order valence-corrected chi connectivity index (χ1v) is 8.49. The first kappa shape index (κ1) is 16.8. The lowest BCUT2D eigenvalue weighted by atomic mass is 9.61. The summed E-state index contributed by atoms with van der Waals surface area (Å²) < 4.78 is 5.87. The molecule has 0 amide bonds. The Morgan fingerprint density at radius 2 is 2.00 bits per heavy atom. The van der Waals surface area contributed by atoms with Crippen LogP contribution in [0.15, 0.2) is 24.3 Å². The molecule has 1 aromatic rings. The largest absolute Gasteiger partial charge is 0.378 e. The summed E-state index contributed by atoms with van der Waals surface area (Å²) >= 11 is 5.94. The van der Waals surface area contributed by atoms with Crippen molar-refractivity contribution < 1.29 is 4.74 Å². The van der Waals surface area contributed by atoms with Gasteiger partial charge in [0.2, 0.25) is 0 Å². The van der Waals surface area contributed by atoms with Gasteiger partial charge in [-0.15, -0.1) is 0 Å². The van der Waals surface area contributed by atoms with Gasteiger partial charge in [-0.3, -0.25) is 0 Å². The molecule has 1 fully saturated rings. The van der Waals surface area contributed by atoms with E-state index in [0.717, 1.165) is 30.9 Å². The zero-order chi connectivity index (χ0) is 15.5. The van der Waals surface area contributed by atoms with Crippen molar-refractivity contribution in [3.8, 4) is 0 Å². The third-order valence-electron chi connectivity index (χ3n) is 5.05. The Morgan fingerprint density at radius 3 is 2.57 bits per heavy atom. The van der Waals surface area contributed by atoms with Crippen molar-refractivity contribution in [3.05, 3.63) is 34.9 Å². The summed E-state index contributed by atoms with van der Waals surface area (Å²) in [5.74, 6) is 0. The van der Waals surface area contributed by atoms with Gasteiger partial charge < -0.3 is 10.1 Å². The van der Waals surface area contributed by atoms with Crippen molar-refractivity contribution in [1.29, 1.82) is 0 Å². The molecule has 1 N–H and O–H groups in total. The van der Waals surface area contributed by atoms with Crippen LogP contribution in [0.2, 0.25) is 5.02 Å². The van der Waals surface area contributed by atoms with Crippen LogP contribution in [0.25, 0.3) is 0 Å². The van der Waals surface area contributed by atoms with Crippen molar-refractivity contribution in [2.24, 2.45) is 5.41 Å². The van der Waals surface area contributed by atoms with E-state index in [1.807, 2.05) is 12.1 Å². The molecule has 0 aliphatic heterocycles. The Bertz CT molecular complexity index is 447. The van der Waals surface area contributed by atoms with Crippen LogP contribution >= 0.6 is 11.6 Å². The Balaban J connectivity index is 1.88. The average molecular weight is 310 g/mol. The minimum absolute atomic E-state index is 0.268. The molecule has 0 aromatic heterocycles. The molecule has 4 atom stereocenters. The van der Waals surface area contributed by atoms with Crippen molar-refractivity contribution in [1.82, 2.24) is 5.32 Å². The van der Waals surface area contributed by atoms with E-state index in [9.17, 15) is 0 Å². The Kier molecular flexibility index (Phi) is 5.70. The molecular formula is C18H28ClNO. The van der Waals surface area contributed by atoms with Crippen molar-refractivity contribution in [2.45, 2.75) is 65.1 Å². The summed E-state index contributed by atoms with van der Waals surface area (Å²) in [6.07, 6.45) is 3.73. The van der Waals surface area contributed by atoms with Gasteiger partial charge in [0.15, 0.2) is 0 Å². The number of rotatable bonds is 7. The summed E-state index contributed by atoms with van der Waals surface area (Å²) in [6.45, 7) is 9.78. The van der Waals surface area contributed by atoms with Crippen LogP contribution in [0.1, 0.15) is 46.1 Å². The minimum Gasteiger partial charge on any atom is -0.378 e. The molecule has 0 spiro atoms. The van der Waals surface area contributed by atoms with E-state index in [0.29, 0.717) is 18.2 Å².